The Kier molecular flexibility index (Phi) is 7.09. The minimum Gasteiger partial charge on any atom is -0.333 e. The third-order valence-corrected chi connectivity index (χ3v) is 7.52. The third-order valence-electron chi connectivity index (χ3n) is 7.52. The molecule has 7 nitrogen and oxygen atoms in total. The second kappa shape index (κ2) is 10.6. The Labute approximate surface area is 212 Å². The van der Waals surface area contributed by atoms with E-state index in [1.807, 2.05) is 65.4 Å². The monoisotopic (exact) mass is 483 g/mol. The lowest BCUT2D eigenvalue weighted by Gasteiger charge is -2.34. The van der Waals surface area contributed by atoms with E-state index < -0.39 is 0 Å². The van der Waals surface area contributed by atoms with Gasteiger partial charge in [0.2, 0.25) is 5.91 Å². The largest absolute Gasteiger partial charge is 0.333 e. The van der Waals surface area contributed by atoms with Crippen LogP contribution in [0.4, 0.5) is 5.69 Å². The van der Waals surface area contributed by atoms with Crippen LogP contribution in [0.5, 0.6) is 0 Å². The molecule has 2 aromatic heterocycles. The van der Waals surface area contributed by atoms with Crippen LogP contribution in [-0.4, -0.2) is 56.8 Å². The number of nitrogens with zero attached hydrogens (tertiary/aromatic N) is 5. The molecule has 0 saturated carbocycles. The molecular formula is C29H33N5O2. The van der Waals surface area contributed by atoms with Crippen molar-refractivity contribution in [1.29, 1.82) is 0 Å². The molecule has 0 N–H and O–H groups in total. The molecule has 7 heteroatoms. The lowest BCUT2D eigenvalue weighted by molar-refractivity contribution is -0.116. The van der Waals surface area contributed by atoms with Gasteiger partial charge in [0.25, 0.3) is 5.91 Å². The first-order chi connectivity index (χ1) is 17.5. The van der Waals surface area contributed by atoms with Gasteiger partial charge in [-0.3, -0.25) is 24.5 Å². The summed E-state index contributed by atoms with van der Waals surface area (Å²) in [5.41, 5.74) is 4.40. The van der Waals surface area contributed by atoms with E-state index in [2.05, 4.69) is 20.9 Å². The summed E-state index contributed by atoms with van der Waals surface area (Å²) in [5.74, 6) is 0.00448. The first-order valence-electron chi connectivity index (χ1n) is 12.7. The van der Waals surface area contributed by atoms with Crippen LogP contribution in [0.3, 0.4) is 0 Å². The average Bonchev–Trinajstić information content (AvgIpc) is 3.24. The fourth-order valence-electron chi connectivity index (χ4n) is 5.67. The highest BCUT2D eigenvalue weighted by atomic mass is 16.2. The molecule has 5 rings (SSSR count). The summed E-state index contributed by atoms with van der Waals surface area (Å²) in [6.07, 6.45) is 8.39. The van der Waals surface area contributed by atoms with Crippen LogP contribution in [0.15, 0.2) is 67.1 Å². The van der Waals surface area contributed by atoms with Crippen molar-refractivity contribution in [2.45, 2.75) is 58.3 Å². The van der Waals surface area contributed by atoms with Crippen molar-refractivity contribution in [2.24, 2.45) is 0 Å². The van der Waals surface area contributed by atoms with Gasteiger partial charge >= 0.3 is 0 Å². The Balaban J connectivity index is 1.55. The number of para-hydroxylation sites is 1. The smallest absolute Gasteiger partial charge is 0.256 e. The molecule has 2 aliphatic rings. The molecule has 36 heavy (non-hydrogen) atoms. The van der Waals surface area contributed by atoms with Crippen molar-refractivity contribution in [3.05, 3.63) is 89.5 Å². The quantitative estimate of drug-likeness (QED) is 0.558. The van der Waals surface area contributed by atoms with Gasteiger partial charge in [0.15, 0.2) is 0 Å². The fourth-order valence-corrected chi connectivity index (χ4v) is 5.67. The third kappa shape index (κ3) is 5.02. The van der Waals surface area contributed by atoms with Gasteiger partial charge < -0.3 is 9.80 Å². The summed E-state index contributed by atoms with van der Waals surface area (Å²) in [5, 5.41) is 0. The van der Waals surface area contributed by atoms with Crippen LogP contribution in [-0.2, 0) is 17.9 Å². The van der Waals surface area contributed by atoms with Crippen molar-refractivity contribution in [1.82, 2.24) is 19.8 Å². The Bertz CT molecular complexity index is 1230. The molecule has 2 amide bonds. The highest BCUT2D eigenvalue weighted by Crippen LogP contribution is 2.33. The number of aromatic nitrogens is 2. The highest BCUT2D eigenvalue weighted by molar-refractivity contribution is 5.96. The van der Waals surface area contributed by atoms with Gasteiger partial charge in [0.1, 0.15) is 0 Å². The van der Waals surface area contributed by atoms with Gasteiger partial charge in [-0.2, -0.15) is 0 Å². The van der Waals surface area contributed by atoms with Gasteiger partial charge in [-0.15, -0.1) is 0 Å². The average molecular weight is 484 g/mol. The summed E-state index contributed by atoms with van der Waals surface area (Å²) in [7, 11) is 0. The Hall–Kier alpha value is -3.58. The second-order valence-corrected chi connectivity index (χ2v) is 9.83. The molecule has 3 aromatic rings. The maximum absolute atomic E-state index is 13.9. The lowest BCUT2D eigenvalue weighted by Crippen LogP contribution is -2.45. The standard InChI is InChI=1S/C29H33N5O2/c1-21-27(9-6-15-31-21)29(36)32-19-24-8-3-4-10-28(24)33(22(2)35)16-13-25-11-12-26(20-32)34(25)18-23-7-5-14-30-17-23/h3-10,14-15,17,25-26H,11-13,16,18-20H2,1-2H3. The predicted molar refractivity (Wildman–Crippen MR) is 139 cm³/mol. The summed E-state index contributed by atoms with van der Waals surface area (Å²) in [6, 6.07) is 16.3. The van der Waals surface area contributed by atoms with Crippen molar-refractivity contribution in [3.63, 3.8) is 0 Å². The number of pyridine rings is 2. The zero-order chi connectivity index (χ0) is 25.1. The number of carbonyl (C=O) groups excluding carboxylic acids is 2. The first kappa shape index (κ1) is 24.1. The van der Waals surface area contributed by atoms with E-state index in [-0.39, 0.29) is 17.9 Å². The topological polar surface area (TPSA) is 69.6 Å². The minimum absolute atomic E-state index is 0.0196. The maximum atomic E-state index is 13.9. The van der Waals surface area contributed by atoms with Gasteiger partial charge in [-0.1, -0.05) is 24.3 Å². The van der Waals surface area contributed by atoms with E-state index in [0.717, 1.165) is 48.3 Å². The van der Waals surface area contributed by atoms with Crippen molar-refractivity contribution < 1.29 is 9.59 Å². The summed E-state index contributed by atoms with van der Waals surface area (Å²) in [6.45, 7) is 6.01. The van der Waals surface area contributed by atoms with E-state index in [4.69, 9.17) is 0 Å². The van der Waals surface area contributed by atoms with Crippen LogP contribution in [0.1, 0.15) is 53.4 Å². The molecule has 2 atom stereocenters. The second-order valence-electron chi connectivity index (χ2n) is 9.83. The summed E-state index contributed by atoms with van der Waals surface area (Å²) >= 11 is 0. The lowest BCUT2D eigenvalue weighted by atomic mass is 10.1. The molecule has 186 valence electrons. The molecule has 0 radical (unpaired) electrons. The highest BCUT2D eigenvalue weighted by Gasteiger charge is 2.37. The minimum atomic E-state index is -0.0196. The van der Waals surface area contributed by atoms with Crippen LogP contribution in [0.25, 0.3) is 0 Å². The number of benzene rings is 1. The first-order valence-corrected chi connectivity index (χ1v) is 12.7. The molecule has 4 heterocycles. The van der Waals surface area contributed by atoms with E-state index in [9.17, 15) is 9.59 Å². The van der Waals surface area contributed by atoms with Crippen LogP contribution < -0.4 is 4.90 Å². The van der Waals surface area contributed by atoms with Crippen molar-refractivity contribution >= 4 is 17.5 Å². The number of hydrogen-bond donors (Lipinski definition) is 0. The van der Waals surface area contributed by atoms with Gasteiger partial charge in [0, 0.05) is 75.2 Å². The zero-order valence-electron chi connectivity index (χ0n) is 21.0. The summed E-state index contributed by atoms with van der Waals surface area (Å²) < 4.78 is 0. The normalized spacial score (nSPS) is 20.5. The molecular weight excluding hydrogens is 450 g/mol. The molecule has 1 fully saturated rings. The Morgan fingerprint density at radius 3 is 2.56 bits per heavy atom. The number of amides is 2. The van der Waals surface area contributed by atoms with Gasteiger partial charge in [0.05, 0.1) is 5.56 Å². The predicted octanol–water partition coefficient (Wildman–Crippen LogP) is 4.22. The van der Waals surface area contributed by atoms with Gasteiger partial charge in [-0.25, -0.2) is 0 Å². The molecule has 0 aliphatic carbocycles. The zero-order valence-corrected chi connectivity index (χ0v) is 21.0. The number of hydrogen-bond acceptors (Lipinski definition) is 5. The summed E-state index contributed by atoms with van der Waals surface area (Å²) in [4.78, 5) is 41.7. The SMILES string of the molecule is CC(=O)N1CCC2CCC(CN(C(=O)c3cccnc3C)Cc3ccccc31)N2Cc1cccnc1. The number of aryl methyl sites for hydroxylation is 1. The Morgan fingerprint density at radius 2 is 1.78 bits per heavy atom. The van der Waals surface area contributed by atoms with Crippen molar-refractivity contribution in [2.75, 3.05) is 18.0 Å². The number of rotatable bonds is 3. The van der Waals surface area contributed by atoms with E-state index in [0.29, 0.717) is 31.2 Å². The van der Waals surface area contributed by atoms with E-state index in [1.54, 1.807) is 19.3 Å². The molecule has 2 aliphatic heterocycles. The molecule has 1 aromatic carbocycles. The molecule has 2 bridgehead atoms. The number of fused-ring (bicyclic) bond motifs is 3. The Morgan fingerprint density at radius 1 is 0.972 bits per heavy atom. The van der Waals surface area contributed by atoms with Crippen LogP contribution in [0.2, 0.25) is 0 Å². The van der Waals surface area contributed by atoms with Crippen LogP contribution in [0, 0.1) is 6.92 Å². The van der Waals surface area contributed by atoms with E-state index in [1.165, 1.54) is 0 Å². The number of anilines is 1. The van der Waals surface area contributed by atoms with Gasteiger partial charge in [-0.05, 0) is 61.6 Å². The molecule has 0 spiro atoms. The number of carbonyl (C=O) groups is 2. The maximum Gasteiger partial charge on any atom is 0.256 e. The molecule has 2 unspecified atom stereocenters. The fraction of sp³-hybridized carbons (Fsp3) is 0.379. The van der Waals surface area contributed by atoms with E-state index >= 15 is 0 Å². The van der Waals surface area contributed by atoms with Crippen molar-refractivity contribution in [3.8, 4) is 0 Å². The molecule has 1 saturated heterocycles. The van der Waals surface area contributed by atoms with Crippen LogP contribution >= 0.6 is 0 Å².